The monoisotopic (exact) mass is 363 g/mol. The van der Waals surface area contributed by atoms with Crippen molar-refractivity contribution in [1.82, 2.24) is 0 Å². The summed E-state index contributed by atoms with van der Waals surface area (Å²) in [6, 6.07) is 9.23. The molecule has 0 heterocycles. The number of rotatable bonds is 2. The molecule has 1 aromatic rings. The Bertz CT molecular complexity index is 281. The molecule has 3 heteroatoms. The summed E-state index contributed by atoms with van der Waals surface area (Å²) in [5.74, 6) is -0.797. The third-order valence-corrected chi connectivity index (χ3v) is 2.03. The van der Waals surface area contributed by atoms with E-state index in [1.54, 1.807) is 13.8 Å². The van der Waals surface area contributed by atoms with Crippen LogP contribution in [0.4, 0.5) is 0 Å². The van der Waals surface area contributed by atoms with Crippen LogP contribution in [0.3, 0.4) is 0 Å². The molecule has 0 aliphatic carbocycles. The normalized spacial score (nSPS) is 9.57. The Morgan fingerprint density at radius 2 is 1.64 bits per heavy atom. The van der Waals surface area contributed by atoms with Crippen LogP contribution in [-0.2, 0) is 31.3 Å². The van der Waals surface area contributed by atoms with E-state index >= 15 is 0 Å². The first-order valence-electron chi connectivity index (χ1n) is 3.84. The summed E-state index contributed by atoms with van der Waals surface area (Å²) < 4.78 is 0. The van der Waals surface area contributed by atoms with Crippen molar-refractivity contribution >= 4 is 5.97 Å². The van der Waals surface area contributed by atoms with Crippen molar-refractivity contribution in [1.29, 1.82) is 0 Å². The average Bonchev–Trinajstić information content (AvgIpc) is 2.06. The summed E-state index contributed by atoms with van der Waals surface area (Å²) in [6.45, 7) is 3.40. The minimum absolute atomic E-state index is 0. The van der Waals surface area contributed by atoms with E-state index in [1.807, 2.05) is 30.3 Å². The van der Waals surface area contributed by atoms with Crippen molar-refractivity contribution < 1.29 is 31.0 Å². The molecule has 0 aliphatic rings. The second-order valence-corrected chi connectivity index (χ2v) is 3.30. The van der Waals surface area contributed by atoms with Gasteiger partial charge in [-0.05, 0) is 19.4 Å². The van der Waals surface area contributed by atoms with E-state index in [9.17, 15) is 4.79 Å². The molecule has 0 fully saturated rings. The first-order valence-corrected chi connectivity index (χ1v) is 3.84. The molecule has 78 valence electrons. The third kappa shape index (κ3) is 3.26. The van der Waals surface area contributed by atoms with E-state index < -0.39 is 11.4 Å². The fraction of sp³-hybridized carbons (Fsp3) is 0.273. The molecule has 0 saturated heterocycles. The molecule has 1 rings (SSSR count). The van der Waals surface area contributed by atoms with Crippen LogP contribution in [0.15, 0.2) is 30.3 Å². The molecule has 0 atom stereocenters. The van der Waals surface area contributed by atoms with E-state index in [2.05, 4.69) is 0 Å². The summed E-state index contributed by atoms with van der Waals surface area (Å²) in [5.41, 5.74) is 0.0406. The van der Waals surface area contributed by atoms with Crippen molar-refractivity contribution in [2.24, 2.45) is 0 Å². The molecule has 2 nitrogen and oxygen atoms in total. The molecule has 0 bridgehead atoms. The Kier molecular flexibility index (Phi) is 6.76. The molecular formula is C11H15O2W-. The SMILES string of the molecule is CC(C)(C(=O)O)c1ccccc1.[CH3-].[W]. The summed E-state index contributed by atoms with van der Waals surface area (Å²) >= 11 is 0. The van der Waals surface area contributed by atoms with Crippen LogP contribution >= 0.6 is 0 Å². The van der Waals surface area contributed by atoms with Crippen LogP contribution in [0.2, 0.25) is 0 Å². The summed E-state index contributed by atoms with van der Waals surface area (Å²) in [5, 5.41) is 8.89. The minimum Gasteiger partial charge on any atom is -0.481 e. The van der Waals surface area contributed by atoms with Crippen molar-refractivity contribution in [3.63, 3.8) is 0 Å². The first kappa shape index (κ1) is 15.8. The number of carboxylic acid groups (broad SMARTS) is 1. The van der Waals surface area contributed by atoms with Gasteiger partial charge in [0.2, 0.25) is 0 Å². The van der Waals surface area contributed by atoms with Crippen LogP contribution in [0.5, 0.6) is 0 Å². The summed E-state index contributed by atoms with van der Waals surface area (Å²) in [7, 11) is 0. The van der Waals surface area contributed by atoms with Crippen molar-refractivity contribution in [3.8, 4) is 0 Å². The fourth-order valence-corrected chi connectivity index (χ4v) is 0.978. The predicted octanol–water partition coefficient (Wildman–Crippen LogP) is 2.50. The van der Waals surface area contributed by atoms with Gasteiger partial charge in [0.1, 0.15) is 0 Å². The molecule has 0 amide bonds. The molecule has 0 radical (unpaired) electrons. The van der Waals surface area contributed by atoms with Gasteiger partial charge in [0.25, 0.3) is 0 Å². The molecule has 0 aliphatic heterocycles. The predicted molar refractivity (Wildman–Crippen MR) is 53.5 cm³/mol. The number of carboxylic acids is 1. The van der Waals surface area contributed by atoms with Crippen molar-refractivity contribution in [2.45, 2.75) is 19.3 Å². The van der Waals surface area contributed by atoms with E-state index in [0.717, 1.165) is 5.56 Å². The zero-order valence-corrected chi connectivity index (χ0v) is 11.6. The number of aliphatic carboxylic acids is 1. The molecule has 0 saturated carbocycles. The molecule has 0 aromatic heterocycles. The number of carbonyl (C=O) groups is 1. The van der Waals surface area contributed by atoms with Gasteiger partial charge in [-0.3, -0.25) is 4.79 Å². The van der Waals surface area contributed by atoms with Gasteiger partial charge >= 0.3 is 5.97 Å². The Balaban J connectivity index is 0. The van der Waals surface area contributed by atoms with Crippen LogP contribution in [0, 0.1) is 7.43 Å². The number of benzene rings is 1. The standard InChI is InChI=1S/C10H12O2.CH3.W/c1-10(2,9(11)12)8-6-4-3-5-7-8;;/h3-7H,1-2H3,(H,11,12);1H3;/q;-1;. The quantitative estimate of drug-likeness (QED) is 0.820. The van der Waals surface area contributed by atoms with Crippen LogP contribution in [-0.4, -0.2) is 11.1 Å². The summed E-state index contributed by atoms with van der Waals surface area (Å²) in [4.78, 5) is 10.8. The molecule has 1 N–H and O–H groups in total. The maximum absolute atomic E-state index is 10.8. The van der Waals surface area contributed by atoms with Gasteiger partial charge in [0.15, 0.2) is 0 Å². The Morgan fingerprint density at radius 3 is 2.00 bits per heavy atom. The molecule has 0 spiro atoms. The van der Waals surface area contributed by atoms with E-state index in [0.29, 0.717) is 0 Å². The average molecular weight is 363 g/mol. The third-order valence-electron chi connectivity index (χ3n) is 2.03. The largest absolute Gasteiger partial charge is 0.481 e. The van der Waals surface area contributed by atoms with E-state index in [-0.39, 0.29) is 28.5 Å². The Morgan fingerprint density at radius 1 is 1.21 bits per heavy atom. The van der Waals surface area contributed by atoms with Gasteiger partial charge in [0, 0.05) is 21.1 Å². The second kappa shape index (κ2) is 5.97. The van der Waals surface area contributed by atoms with Crippen molar-refractivity contribution in [3.05, 3.63) is 43.3 Å². The molecule has 1 aromatic carbocycles. The van der Waals surface area contributed by atoms with Gasteiger partial charge < -0.3 is 12.5 Å². The van der Waals surface area contributed by atoms with Gasteiger partial charge in [-0.1, -0.05) is 30.3 Å². The maximum Gasteiger partial charge on any atom is 0.313 e. The van der Waals surface area contributed by atoms with Gasteiger partial charge in [0.05, 0.1) is 5.41 Å². The molecule has 14 heavy (non-hydrogen) atoms. The van der Waals surface area contributed by atoms with Gasteiger partial charge in [-0.25, -0.2) is 0 Å². The number of hydrogen-bond acceptors (Lipinski definition) is 1. The Hall–Kier alpha value is -0.622. The van der Waals surface area contributed by atoms with Gasteiger partial charge in [-0.2, -0.15) is 0 Å². The Labute approximate surface area is 99.6 Å². The number of hydrogen-bond donors (Lipinski definition) is 1. The zero-order chi connectivity index (χ0) is 9.19. The second-order valence-electron chi connectivity index (χ2n) is 3.30. The van der Waals surface area contributed by atoms with Crippen LogP contribution in [0.25, 0.3) is 0 Å². The first-order chi connectivity index (χ1) is 5.55. The van der Waals surface area contributed by atoms with Gasteiger partial charge in [-0.15, -0.1) is 0 Å². The van der Waals surface area contributed by atoms with E-state index in [1.165, 1.54) is 0 Å². The van der Waals surface area contributed by atoms with Crippen molar-refractivity contribution in [2.75, 3.05) is 0 Å². The van der Waals surface area contributed by atoms with Crippen LogP contribution < -0.4 is 0 Å². The smallest absolute Gasteiger partial charge is 0.313 e. The van der Waals surface area contributed by atoms with E-state index in [4.69, 9.17) is 5.11 Å². The molecule has 0 unspecified atom stereocenters. The maximum atomic E-state index is 10.8. The summed E-state index contributed by atoms with van der Waals surface area (Å²) in [6.07, 6.45) is 0. The minimum atomic E-state index is -0.797. The van der Waals surface area contributed by atoms with Crippen LogP contribution in [0.1, 0.15) is 19.4 Å². The zero-order valence-electron chi connectivity index (χ0n) is 8.65. The molecular weight excluding hydrogens is 348 g/mol. The topological polar surface area (TPSA) is 37.3 Å². The fourth-order valence-electron chi connectivity index (χ4n) is 0.978.